The van der Waals surface area contributed by atoms with E-state index in [9.17, 15) is 9.59 Å². The van der Waals surface area contributed by atoms with Crippen LogP contribution in [-0.2, 0) is 16.1 Å². The minimum Gasteiger partial charge on any atom is -0.342 e. The molecule has 0 spiro atoms. The first-order valence-corrected chi connectivity index (χ1v) is 8.42. The van der Waals surface area contributed by atoms with Crippen molar-refractivity contribution in [2.45, 2.75) is 38.3 Å². The lowest BCUT2D eigenvalue weighted by Crippen LogP contribution is -2.56. The Hall–Kier alpha value is -1.11. The van der Waals surface area contributed by atoms with Crippen molar-refractivity contribution in [3.8, 4) is 0 Å². The first kappa shape index (κ1) is 14.8. The Kier molecular flexibility index (Phi) is 3.94. The van der Waals surface area contributed by atoms with Crippen LogP contribution in [-0.4, -0.2) is 28.8 Å². The molecule has 0 radical (unpaired) electrons. The number of nitrogens with one attached hydrogen (secondary N) is 1. The monoisotopic (exact) mass is 398 g/mol. The molecule has 0 aromatic heterocycles. The van der Waals surface area contributed by atoms with Crippen LogP contribution in [0.25, 0.3) is 0 Å². The Bertz CT molecular complexity index is 568. The normalized spacial score (nSPS) is 26.5. The smallest absolute Gasteiger partial charge is 0.248 e. The van der Waals surface area contributed by atoms with Crippen molar-refractivity contribution < 1.29 is 9.59 Å². The van der Waals surface area contributed by atoms with Gasteiger partial charge in [-0.05, 0) is 66.0 Å². The summed E-state index contributed by atoms with van der Waals surface area (Å²) in [6.45, 7) is 2.96. The van der Waals surface area contributed by atoms with Gasteiger partial charge >= 0.3 is 0 Å². The van der Waals surface area contributed by atoms with Crippen LogP contribution in [0.4, 0.5) is 0 Å². The quantitative estimate of drug-likeness (QED) is 0.795. The second-order valence-electron chi connectivity index (χ2n) is 6.13. The number of carbonyl (C=O) groups is 2. The van der Waals surface area contributed by atoms with E-state index in [1.807, 2.05) is 36.1 Å². The van der Waals surface area contributed by atoms with Crippen LogP contribution >= 0.6 is 22.6 Å². The van der Waals surface area contributed by atoms with E-state index in [4.69, 9.17) is 0 Å². The molecule has 1 atom stereocenters. The topological polar surface area (TPSA) is 49.4 Å². The highest BCUT2D eigenvalue weighted by Crippen LogP contribution is 2.41. The fraction of sp³-hybridized carbons (Fsp3) is 0.500. The van der Waals surface area contributed by atoms with Gasteiger partial charge in [0.2, 0.25) is 11.8 Å². The zero-order chi connectivity index (χ0) is 15.0. The Labute approximate surface area is 138 Å². The molecular formula is C16H19IN2O2. The maximum atomic E-state index is 12.9. The molecule has 1 aliphatic carbocycles. The third-order valence-corrected chi connectivity index (χ3v) is 5.14. The van der Waals surface area contributed by atoms with Gasteiger partial charge < -0.3 is 10.2 Å². The Balaban J connectivity index is 1.81. The molecule has 1 saturated heterocycles. The third-order valence-electron chi connectivity index (χ3n) is 4.42. The predicted octanol–water partition coefficient (Wildman–Crippen LogP) is 2.31. The maximum Gasteiger partial charge on any atom is 0.248 e. The number of hydrogen-bond acceptors (Lipinski definition) is 2. The summed E-state index contributed by atoms with van der Waals surface area (Å²) in [7, 11) is 0. The van der Waals surface area contributed by atoms with Crippen molar-refractivity contribution in [3.05, 3.63) is 33.4 Å². The molecule has 1 unspecified atom stereocenters. The molecule has 0 bridgehead atoms. The molecule has 1 aliphatic heterocycles. The van der Waals surface area contributed by atoms with Crippen molar-refractivity contribution in [1.29, 1.82) is 0 Å². The molecule has 1 aromatic rings. The van der Waals surface area contributed by atoms with Gasteiger partial charge in [-0.15, -0.1) is 0 Å². The molecule has 2 fully saturated rings. The first-order valence-electron chi connectivity index (χ1n) is 7.34. The van der Waals surface area contributed by atoms with E-state index < -0.39 is 5.54 Å². The summed E-state index contributed by atoms with van der Waals surface area (Å²) in [5.41, 5.74) is 0.396. The Morgan fingerprint density at radius 3 is 2.57 bits per heavy atom. The van der Waals surface area contributed by atoms with Crippen molar-refractivity contribution in [3.63, 3.8) is 0 Å². The number of carbonyl (C=O) groups excluding carboxylic acids is 2. The minimum absolute atomic E-state index is 0.0112. The predicted molar refractivity (Wildman–Crippen MR) is 88.5 cm³/mol. The third kappa shape index (κ3) is 3.07. The summed E-state index contributed by atoms with van der Waals surface area (Å²) >= 11 is 2.27. The van der Waals surface area contributed by atoms with E-state index in [1.165, 1.54) is 3.57 Å². The van der Waals surface area contributed by atoms with Crippen molar-refractivity contribution >= 4 is 34.4 Å². The summed E-state index contributed by atoms with van der Waals surface area (Å²) in [4.78, 5) is 26.6. The molecule has 3 rings (SSSR count). The van der Waals surface area contributed by atoms with Crippen molar-refractivity contribution in [2.75, 3.05) is 6.54 Å². The van der Waals surface area contributed by atoms with Gasteiger partial charge in [0.25, 0.3) is 0 Å². The summed E-state index contributed by atoms with van der Waals surface area (Å²) in [5, 5.41) is 2.96. The van der Waals surface area contributed by atoms with Gasteiger partial charge in [0.05, 0.1) is 0 Å². The van der Waals surface area contributed by atoms with Crippen molar-refractivity contribution in [1.82, 2.24) is 10.2 Å². The van der Waals surface area contributed by atoms with E-state index in [-0.39, 0.29) is 11.8 Å². The highest BCUT2D eigenvalue weighted by molar-refractivity contribution is 14.1. The molecule has 1 saturated carbocycles. The molecular weight excluding hydrogens is 379 g/mol. The summed E-state index contributed by atoms with van der Waals surface area (Å²) in [6.07, 6.45) is 2.44. The lowest BCUT2D eigenvalue weighted by molar-refractivity contribution is -0.139. The lowest BCUT2D eigenvalue weighted by atomic mass is 9.94. The second kappa shape index (κ2) is 5.59. The van der Waals surface area contributed by atoms with E-state index in [2.05, 4.69) is 27.9 Å². The number of rotatable bonds is 3. The van der Waals surface area contributed by atoms with Gasteiger partial charge in [-0.1, -0.05) is 12.1 Å². The molecule has 5 heteroatoms. The standard InChI is InChI=1S/C16H19IN2O2/c1-16(12-4-5-12)15(21)19(9-8-14(20)18-16)10-11-2-6-13(17)7-3-11/h2-3,6-7,12H,4-5,8-10H2,1H3,(H,18,20). The zero-order valence-electron chi connectivity index (χ0n) is 12.1. The number of amides is 2. The highest BCUT2D eigenvalue weighted by Gasteiger charge is 2.50. The van der Waals surface area contributed by atoms with Gasteiger partial charge in [0.15, 0.2) is 0 Å². The average Bonchev–Trinajstić information content (AvgIpc) is 3.29. The van der Waals surface area contributed by atoms with Gasteiger partial charge in [-0.3, -0.25) is 9.59 Å². The van der Waals surface area contributed by atoms with E-state index in [1.54, 1.807) is 0 Å². The fourth-order valence-corrected chi connectivity index (χ4v) is 3.33. The molecule has 21 heavy (non-hydrogen) atoms. The van der Waals surface area contributed by atoms with Crippen molar-refractivity contribution in [2.24, 2.45) is 5.92 Å². The number of hydrogen-bond donors (Lipinski definition) is 1. The van der Waals surface area contributed by atoms with Crippen LogP contribution in [0.3, 0.4) is 0 Å². The van der Waals surface area contributed by atoms with Gasteiger partial charge in [0, 0.05) is 23.1 Å². The van der Waals surface area contributed by atoms with Gasteiger partial charge in [-0.25, -0.2) is 0 Å². The lowest BCUT2D eigenvalue weighted by Gasteiger charge is -2.32. The molecule has 112 valence electrons. The maximum absolute atomic E-state index is 12.9. The van der Waals surface area contributed by atoms with Gasteiger partial charge in [0.1, 0.15) is 5.54 Å². The molecule has 1 heterocycles. The molecule has 1 aromatic carbocycles. The van der Waals surface area contributed by atoms with Crippen LogP contribution in [0.15, 0.2) is 24.3 Å². The summed E-state index contributed by atoms with van der Waals surface area (Å²) in [6, 6.07) is 8.18. The number of benzene rings is 1. The summed E-state index contributed by atoms with van der Waals surface area (Å²) in [5.74, 6) is 0.350. The Morgan fingerprint density at radius 2 is 1.95 bits per heavy atom. The van der Waals surface area contributed by atoms with E-state index in [0.29, 0.717) is 25.4 Å². The van der Waals surface area contributed by atoms with Gasteiger partial charge in [-0.2, -0.15) is 0 Å². The number of halogens is 1. The van der Waals surface area contributed by atoms with E-state index in [0.717, 1.165) is 18.4 Å². The van der Waals surface area contributed by atoms with Crippen LogP contribution in [0.2, 0.25) is 0 Å². The fourth-order valence-electron chi connectivity index (χ4n) is 2.97. The average molecular weight is 398 g/mol. The zero-order valence-corrected chi connectivity index (χ0v) is 14.2. The van der Waals surface area contributed by atoms with Crippen LogP contribution in [0.1, 0.15) is 31.7 Å². The Morgan fingerprint density at radius 1 is 1.29 bits per heavy atom. The number of nitrogens with zero attached hydrogens (tertiary/aromatic N) is 1. The summed E-state index contributed by atoms with van der Waals surface area (Å²) < 4.78 is 1.18. The molecule has 1 N–H and O–H groups in total. The second-order valence-corrected chi connectivity index (χ2v) is 7.37. The minimum atomic E-state index is -0.712. The van der Waals surface area contributed by atoms with Crippen LogP contribution < -0.4 is 5.32 Å². The molecule has 2 aliphatic rings. The SMILES string of the molecule is CC1(C2CC2)NC(=O)CCN(Cc2ccc(I)cc2)C1=O. The highest BCUT2D eigenvalue weighted by atomic mass is 127. The molecule has 4 nitrogen and oxygen atoms in total. The largest absolute Gasteiger partial charge is 0.342 e. The van der Waals surface area contributed by atoms with E-state index >= 15 is 0 Å². The first-order chi connectivity index (χ1) is 9.99. The van der Waals surface area contributed by atoms with Crippen LogP contribution in [0.5, 0.6) is 0 Å². The molecule has 2 amide bonds. The van der Waals surface area contributed by atoms with Crippen LogP contribution in [0, 0.1) is 9.49 Å².